The van der Waals surface area contributed by atoms with Gasteiger partial charge in [-0.1, -0.05) is 6.42 Å². The largest absolute Gasteiger partial charge is 0.302 e. The first-order chi connectivity index (χ1) is 8.55. The van der Waals surface area contributed by atoms with Gasteiger partial charge in [-0.2, -0.15) is 4.31 Å². The molecule has 0 saturated carbocycles. The normalized spacial score (nSPS) is 21.7. The number of nitrogens with zero attached hydrogens (tertiary/aromatic N) is 1. The fourth-order valence-corrected chi connectivity index (χ4v) is 4.10. The first-order valence-corrected chi connectivity index (χ1v) is 8.30. The molecule has 0 aliphatic carbocycles. The summed E-state index contributed by atoms with van der Waals surface area (Å²) in [7, 11) is -3.54. The number of rotatable bonds is 3. The molecule has 0 amide bonds. The number of carbonyl (C=O) groups is 1. The van der Waals surface area contributed by atoms with E-state index >= 15 is 0 Å². The van der Waals surface area contributed by atoms with Crippen molar-refractivity contribution in [3.05, 3.63) is 27.8 Å². The van der Waals surface area contributed by atoms with Crippen molar-refractivity contribution in [3.63, 3.8) is 0 Å². The second-order valence-electron chi connectivity index (χ2n) is 4.27. The van der Waals surface area contributed by atoms with E-state index in [-0.39, 0.29) is 4.90 Å². The van der Waals surface area contributed by atoms with Crippen molar-refractivity contribution >= 4 is 38.9 Å². The lowest BCUT2D eigenvalue weighted by Gasteiger charge is -2.31. The Morgan fingerprint density at radius 3 is 2.50 bits per heavy atom. The third-order valence-electron chi connectivity index (χ3n) is 3.08. The average molecular weight is 379 g/mol. The quantitative estimate of drug-likeness (QED) is 0.597. The summed E-state index contributed by atoms with van der Waals surface area (Å²) in [6.45, 7) is 0.428. The van der Waals surface area contributed by atoms with Gasteiger partial charge in [0, 0.05) is 10.1 Å². The number of carbonyl (C=O) groups excluding carboxylic acids is 1. The van der Waals surface area contributed by atoms with Crippen LogP contribution in [-0.4, -0.2) is 31.6 Å². The highest BCUT2D eigenvalue weighted by molar-refractivity contribution is 14.1. The second kappa shape index (κ2) is 5.66. The SMILES string of the molecule is O=CC1CCCCN1S(=O)(=O)c1ccc(I)cc1. The van der Waals surface area contributed by atoms with Gasteiger partial charge in [0.05, 0.1) is 10.9 Å². The van der Waals surface area contributed by atoms with Crippen LogP contribution < -0.4 is 0 Å². The molecule has 2 rings (SSSR count). The van der Waals surface area contributed by atoms with Crippen LogP contribution >= 0.6 is 22.6 Å². The molecule has 1 aliphatic heterocycles. The fraction of sp³-hybridized carbons (Fsp3) is 0.417. The van der Waals surface area contributed by atoms with E-state index in [0.29, 0.717) is 13.0 Å². The molecular formula is C12H14INO3S. The molecule has 0 spiro atoms. The highest BCUT2D eigenvalue weighted by atomic mass is 127. The first kappa shape index (κ1) is 14.0. The van der Waals surface area contributed by atoms with E-state index in [1.807, 2.05) is 0 Å². The highest BCUT2D eigenvalue weighted by Crippen LogP contribution is 2.24. The van der Waals surface area contributed by atoms with Gasteiger partial charge in [0.25, 0.3) is 0 Å². The molecule has 4 nitrogen and oxygen atoms in total. The maximum atomic E-state index is 12.4. The number of sulfonamides is 1. The van der Waals surface area contributed by atoms with E-state index in [1.54, 1.807) is 24.3 Å². The zero-order chi connectivity index (χ0) is 13.2. The van der Waals surface area contributed by atoms with Gasteiger partial charge in [0.15, 0.2) is 0 Å². The Balaban J connectivity index is 2.34. The van der Waals surface area contributed by atoms with Crippen LogP contribution in [0.15, 0.2) is 29.2 Å². The molecule has 1 heterocycles. The summed E-state index contributed by atoms with van der Waals surface area (Å²) in [5.74, 6) is 0. The van der Waals surface area contributed by atoms with Gasteiger partial charge in [-0.05, 0) is 59.7 Å². The van der Waals surface area contributed by atoms with E-state index < -0.39 is 16.1 Å². The predicted octanol–water partition coefficient (Wildman–Crippen LogP) is 2.03. The Morgan fingerprint density at radius 1 is 1.22 bits per heavy atom. The van der Waals surface area contributed by atoms with Crippen LogP contribution in [0.2, 0.25) is 0 Å². The maximum absolute atomic E-state index is 12.4. The molecule has 98 valence electrons. The average Bonchev–Trinajstić information content (AvgIpc) is 2.39. The molecular weight excluding hydrogens is 365 g/mol. The molecule has 1 aromatic rings. The predicted molar refractivity (Wildman–Crippen MR) is 76.8 cm³/mol. The minimum atomic E-state index is -3.54. The van der Waals surface area contributed by atoms with E-state index in [4.69, 9.17) is 0 Å². The molecule has 0 bridgehead atoms. The van der Waals surface area contributed by atoms with Crippen molar-refractivity contribution in [2.24, 2.45) is 0 Å². The standard InChI is InChI=1S/C12H14INO3S/c13-10-4-6-12(7-5-10)18(16,17)14-8-2-1-3-11(14)9-15/h4-7,9,11H,1-3,8H2. The maximum Gasteiger partial charge on any atom is 0.243 e. The molecule has 1 saturated heterocycles. The van der Waals surface area contributed by atoms with Gasteiger partial charge in [0.1, 0.15) is 6.29 Å². The summed E-state index contributed by atoms with van der Waals surface area (Å²) >= 11 is 2.13. The number of hydrogen-bond donors (Lipinski definition) is 0. The fourth-order valence-electron chi connectivity index (χ4n) is 2.11. The summed E-state index contributed by atoms with van der Waals surface area (Å²) < 4.78 is 27.2. The molecule has 0 N–H and O–H groups in total. The number of halogens is 1. The zero-order valence-corrected chi connectivity index (χ0v) is 12.7. The zero-order valence-electron chi connectivity index (χ0n) is 9.75. The third-order valence-corrected chi connectivity index (χ3v) is 5.73. The smallest absolute Gasteiger partial charge is 0.243 e. The molecule has 0 aromatic heterocycles. The summed E-state index contributed by atoms with van der Waals surface area (Å²) in [6.07, 6.45) is 3.08. The molecule has 1 fully saturated rings. The number of piperidine rings is 1. The minimum Gasteiger partial charge on any atom is -0.302 e. The molecule has 1 aromatic carbocycles. The van der Waals surface area contributed by atoms with Crippen LogP contribution in [0.5, 0.6) is 0 Å². The number of hydrogen-bond acceptors (Lipinski definition) is 3. The van der Waals surface area contributed by atoms with Gasteiger partial charge in [-0.15, -0.1) is 0 Å². The summed E-state index contributed by atoms with van der Waals surface area (Å²) in [4.78, 5) is 11.3. The van der Waals surface area contributed by atoms with Gasteiger partial charge < -0.3 is 4.79 Å². The van der Waals surface area contributed by atoms with E-state index in [0.717, 1.165) is 22.7 Å². The van der Waals surface area contributed by atoms with Crippen molar-refractivity contribution in [3.8, 4) is 0 Å². The first-order valence-electron chi connectivity index (χ1n) is 5.78. The van der Waals surface area contributed by atoms with Crippen LogP contribution in [0.3, 0.4) is 0 Å². The van der Waals surface area contributed by atoms with Crippen LogP contribution in [-0.2, 0) is 14.8 Å². The molecule has 1 unspecified atom stereocenters. The van der Waals surface area contributed by atoms with E-state index in [2.05, 4.69) is 22.6 Å². The van der Waals surface area contributed by atoms with Crippen molar-refractivity contribution in [1.29, 1.82) is 0 Å². The molecule has 1 atom stereocenters. The monoisotopic (exact) mass is 379 g/mol. The number of benzene rings is 1. The van der Waals surface area contributed by atoms with Gasteiger partial charge in [0.2, 0.25) is 10.0 Å². The van der Waals surface area contributed by atoms with E-state index in [1.165, 1.54) is 4.31 Å². The minimum absolute atomic E-state index is 0.261. The van der Waals surface area contributed by atoms with Crippen LogP contribution in [0.25, 0.3) is 0 Å². The van der Waals surface area contributed by atoms with E-state index in [9.17, 15) is 13.2 Å². The third kappa shape index (κ3) is 2.75. The van der Waals surface area contributed by atoms with Crippen molar-refractivity contribution in [1.82, 2.24) is 4.31 Å². The Labute approximate surface area is 121 Å². The van der Waals surface area contributed by atoms with Crippen molar-refractivity contribution in [2.75, 3.05) is 6.54 Å². The van der Waals surface area contributed by atoms with Crippen LogP contribution in [0.4, 0.5) is 0 Å². The van der Waals surface area contributed by atoms with Crippen LogP contribution in [0.1, 0.15) is 19.3 Å². The van der Waals surface area contributed by atoms with Crippen molar-refractivity contribution < 1.29 is 13.2 Å². The summed E-state index contributed by atoms with van der Waals surface area (Å²) in [6, 6.07) is 6.19. The van der Waals surface area contributed by atoms with Crippen molar-refractivity contribution in [2.45, 2.75) is 30.2 Å². The Morgan fingerprint density at radius 2 is 1.89 bits per heavy atom. The number of aldehydes is 1. The Hall–Kier alpha value is -0.470. The summed E-state index contributed by atoms with van der Waals surface area (Å²) in [5.41, 5.74) is 0. The second-order valence-corrected chi connectivity index (χ2v) is 7.41. The van der Waals surface area contributed by atoms with Crippen LogP contribution in [0, 0.1) is 3.57 Å². The molecule has 6 heteroatoms. The molecule has 18 heavy (non-hydrogen) atoms. The van der Waals surface area contributed by atoms with Gasteiger partial charge >= 0.3 is 0 Å². The molecule has 0 radical (unpaired) electrons. The molecule has 1 aliphatic rings. The Bertz CT molecular complexity index is 527. The Kier molecular flexibility index (Phi) is 4.39. The highest BCUT2D eigenvalue weighted by Gasteiger charge is 2.33. The lowest BCUT2D eigenvalue weighted by atomic mass is 10.1. The summed E-state index contributed by atoms with van der Waals surface area (Å²) in [5, 5.41) is 0. The van der Waals surface area contributed by atoms with Gasteiger partial charge in [-0.25, -0.2) is 8.42 Å². The van der Waals surface area contributed by atoms with Gasteiger partial charge in [-0.3, -0.25) is 0 Å². The lowest BCUT2D eigenvalue weighted by molar-refractivity contribution is -0.111. The topological polar surface area (TPSA) is 54.5 Å². The lowest BCUT2D eigenvalue weighted by Crippen LogP contribution is -2.44.